The zero-order chi connectivity index (χ0) is 16.9. The molecule has 6 nitrogen and oxygen atoms in total. The molecule has 5 N–H and O–H groups in total. The third kappa shape index (κ3) is 5.73. The predicted molar refractivity (Wildman–Crippen MR) is 96.1 cm³/mol. The van der Waals surface area contributed by atoms with Gasteiger partial charge < -0.3 is 11.1 Å². The molecule has 0 aliphatic heterocycles. The number of nitrogens with two attached hydrogens (primary N) is 2. The summed E-state index contributed by atoms with van der Waals surface area (Å²) in [6.45, 7) is 0.911. The zero-order valence-electron chi connectivity index (χ0n) is 13.7. The number of hydrogen-bond donors (Lipinski definition) is 3. The van der Waals surface area contributed by atoms with Crippen molar-refractivity contribution in [1.82, 2.24) is 5.32 Å². The molecule has 1 aromatic carbocycles. The number of nitrogens with one attached hydrogen (secondary N) is 1. The van der Waals surface area contributed by atoms with E-state index in [2.05, 4.69) is 5.32 Å². The fourth-order valence-corrected chi connectivity index (χ4v) is 3.67. The number of hydrogen-bond acceptors (Lipinski definition) is 4. The highest BCUT2D eigenvalue weighted by Gasteiger charge is 2.32. The third-order valence-electron chi connectivity index (χ3n) is 4.62. The van der Waals surface area contributed by atoms with Crippen molar-refractivity contribution >= 4 is 28.3 Å². The smallest absolute Gasteiger partial charge is 0.238 e. The van der Waals surface area contributed by atoms with Gasteiger partial charge in [0.1, 0.15) is 0 Å². The molecule has 0 aromatic heterocycles. The first kappa shape index (κ1) is 20.9. The number of carbonyl (C=O) groups excluding carboxylic acids is 1. The zero-order valence-corrected chi connectivity index (χ0v) is 15.3. The molecule has 0 unspecified atom stereocenters. The van der Waals surface area contributed by atoms with Gasteiger partial charge >= 0.3 is 0 Å². The molecule has 1 aliphatic carbocycles. The molecule has 0 atom stereocenters. The van der Waals surface area contributed by atoms with Crippen molar-refractivity contribution in [3.63, 3.8) is 0 Å². The summed E-state index contributed by atoms with van der Waals surface area (Å²) in [5.41, 5.74) is 6.68. The molecule has 24 heavy (non-hydrogen) atoms. The molecular weight excluding hydrogens is 350 g/mol. The topological polar surface area (TPSA) is 115 Å². The van der Waals surface area contributed by atoms with Crippen molar-refractivity contribution in [1.29, 1.82) is 0 Å². The number of carbonyl (C=O) groups is 1. The summed E-state index contributed by atoms with van der Waals surface area (Å²) in [5.74, 6) is -0.00660. The van der Waals surface area contributed by atoms with E-state index in [1.54, 1.807) is 12.1 Å². The Bertz CT molecular complexity index is 641. The molecule has 0 bridgehead atoms. The van der Waals surface area contributed by atoms with E-state index in [0.29, 0.717) is 19.5 Å². The minimum Gasteiger partial charge on any atom is -0.352 e. The quantitative estimate of drug-likeness (QED) is 0.701. The van der Waals surface area contributed by atoms with E-state index >= 15 is 0 Å². The second-order valence-corrected chi connectivity index (χ2v) is 7.97. The van der Waals surface area contributed by atoms with E-state index < -0.39 is 10.0 Å². The summed E-state index contributed by atoms with van der Waals surface area (Å²) in [5, 5.41) is 7.94. The first-order valence-electron chi connectivity index (χ1n) is 7.93. The van der Waals surface area contributed by atoms with Crippen LogP contribution in [-0.4, -0.2) is 20.9 Å². The van der Waals surface area contributed by atoms with E-state index in [0.717, 1.165) is 31.2 Å². The van der Waals surface area contributed by atoms with Gasteiger partial charge in [-0.3, -0.25) is 4.79 Å². The Balaban J connectivity index is 0.00000288. The van der Waals surface area contributed by atoms with E-state index in [-0.39, 0.29) is 28.6 Å². The molecule has 0 spiro atoms. The molecule has 0 saturated heterocycles. The minimum absolute atomic E-state index is 0. The number of rotatable bonds is 6. The standard InChI is InChI=1S/C16H25N3O3S.ClH/c17-12-16(8-2-1-3-9-16)10-15(20)19-11-13-4-6-14(7-5-13)23(18,21)22;/h4-7H,1-3,8-12,17H2,(H,19,20)(H2,18,21,22);1H. The number of primary sulfonamides is 1. The Kier molecular flexibility index (Phi) is 7.66. The molecule has 136 valence electrons. The van der Waals surface area contributed by atoms with E-state index in [4.69, 9.17) is 10.9 Å². The second-order valence-electron chi connectivity index (χ2n) is 6.41. The van der Waals surface area contributed by atoms with Gasteiger partial charge in [-0.05, 0) is 42.5 Å². The first-order valence-corrected chi connectivity index (χ1v) is 9.48. The van der Waals surface area contributed by atoms with Crippen LogP contribution in [-0.2, 0) is 21.4 Å². The number of benzene rings is 1. The Morgan fingerprint density at radius 3 is 2.21 bits per heavy atom. The molecular formula is C16H26ClN3O3S. The Morgan fingerprint density at radius 2 is 1.71 bits per heavy atom. The summed E-state index contributed by atoms with van der Waals surface area (Å²) in [4.78, 5) is 12.3. The van der Waals surface area contributed by atoms with Crippen LogP contribution in [0, 0.1) is 5.41 Å². The van der Waals surface area contributed by atoms with Gasteiger partial charge in [0, 0.05) is 13.0 Å². The predicted octanol–water partition coefficient (Wildman–Crippen LogP) is 1.67. The van der Waals surface area contributed by atoms with E-state index in [9.17, 15) is 13.2 Å². The average molecular weight is 376 g/mol. The maximum Gasteiger partial charge on any atom is 0.238 e. The second kappa shape index (κ2) is 8.80. The lowest BCUT2D eigenvalue weighted by molar-refractivity contribution is -0.124. The lowest BCUT2D eigenvalue weighted by Gasteiger charge is -2.35. The largest absolute Gasteiger partial charge is 0.352 e. The third-order valence-corrected chi connectivity index (χ3v) is 5.55. The van der Waals surface area contributed by atoms with Crippen molar-refractivity contribution in [3.8, 4) is 0 Å². The van der Waals surface area contributed by atoms with Crippen LogP contribution in [0.5, 0.6) is 0 Å². The van der Waals surface area contributed by atoms with Crippen molar-refractivity contribution in [3.05, 3.63) is 29.8 Å². The van der Waals surface area contributed by atoms with Crippen molar-refractivity contribution in [2.45, 2.75) is 50.0 Å². The van der Waals surface area contributed by atoms with Crippen LogP contribution >= 0.6 is 12.4 Å². The van der Waals surface area contributed by atoms with Gasteiger partial charge in [0.05, 0.1) is 4.90 Å². The number of amides is 1. The molecule has 0 radical (unpaired) electrons. The van der Waals surface area contributed by atoms with Crippen LogP contribution < -0.4 is 16.2 Å². The maximum atomic E-state index is 12.2. The summed E-state index contributed by atoms with van der Waals surface area (Å²) in [6.07, 6.45) is 5.98. The normalized spacial score (nSPS) is 16.9. The van der Waals surface area contributed by atoms with Gasteiger partial charge in [0.2, 0.25) is 15.9 Å². The van der Waals surface area contributed by atoms with Gasteiger partial charge in [-0.25, -0.2) is 13.6 Å². The Labute approximate surface area is 149 Å². The molecule has 1 aliphatic rings. The van der Waals surface area contributed by atoms with Gasteiger partial charge in [0.25, 0.3) is 0 Å². The fourth-order valence-electron chi connectivity index (χ4n) is 3.16. The molecule has 1 amide bonds. The van der Waals surface area contributed by atoms with Gasteiger partial charge in [-0.15, -0.1) is 12.4 Å². The van der Waals surface area contributed by atoms with Crippen molar-refractivity contribution < 1.29 is 13.2 Å². The molecule has 1 saturated carbocycles. The van der Waals surface area contributed by atoms with E-state index in [1.807, 2.05) is 0 Å². The van der Waals surface area contributed by atoms with E-state index in [1.165, 1.54) is 18.6 Å². The molecule has 1 fully saturated rings. The minimum atomic E-state index is -3.68. The molecule has 0 heterocycles. The molecule has 1 aromatic rings. The van der Waals surface area contributed by atoms with Crippen molar-refractivity contribution in [2.24, 2.45) is 16.3 Å². The SMILES string of the molecule is Cl.NCC1(CC(=O)NCc2ccc(S(N)(=O)=O)cc2)CCCCC1. The Morgan fingerprint density at radius 1 is 1.12 bits per heavy atom. The molecule has 2 rings (SSSR count). The lowest BCUT2D eigenvalue weighted by Crippen LogP contribution is -2.38. The monoisotopic (exact) mass is 375 g/mol. The summed E-state index contributed by atoms with van der Waals surface area (Å²) in [6, 6.07) is 6.19. The van der Waals surface area contributed by atoms with Crippen molar-refractivity contribution in [2.75, 3.05) is 6.54 Å². The summed E-state index contributed by atoms with van der Waals surface area (Å²) < 4.78 is 22.4. The molecule has 8 heteroatoms. The average Bonchev–Trinajstić information content (AvgIpc) is 2.53. The van der Waals surface area contributed by atoms with Crippen LogP contribution in [0.15, 0.2) is 29.2 Å². The highest BCUT2D eigenvalue weighted by molar-refractivity contribution is 7.89. The summed E-state index contributed by atoms with van der Waals surface area (Å²) >= 11 is 0. The Hall–Kier alpha value is -1.15. The van der Waals surface area contributed by atoms with Crippen LogP contribution in [0.4, 0.5) is 0 Å². The summed E-state index contributed by atoms with van der Waals surface area (Å²) in [7, 11) is -3.68. The van der Waals surface area contributed by atoms with Gasteiger partial charge in [-0.2, -0.15) is 0 Å². The lowest BCUT2D eigenvalue weighted by atomic mass is 9.71. The fraction of sp³-hybridized carbons (Fsp3) is 0.562. The van der Waals surface area contributed by atoms with Gasteiger partial charge in [-0.1, -0.05) is 31.4 Å². The van der Waals surface area contributed by atoms with Crippen LogP contribution in [0.1, 0.15) is 44.1 Å². The highest BCUT2D eigenvalue weighted by Crippen LogP contribution is 2.38. The first-order chi connectivity index (χ1) is 10.8. The van der Waals surface area contributed by atoms with Crippen LogP contribution in [0.2, 0.25) is 0 Å². The maximum absolute atomic E-state index is 12.2. The van der Waals surface area contributed by atoms with Crippen LogP contribution in [0.3, 0.4) is 0 Å². The number of sulfonamides is 1. The van der Waals surface area contributed by atoms with Gasteiger partial charge in [0.15, 0.2) is 0 Å². The highest BCUT2D eigenvalue weighted by atomic mass is 35.5. The number of halogens is 1. The van der Waals surface area contributed by atoms with Crippen LogP contribution in [0.25, 0.3) is 0 Å².